The van der Waals surface area contributed by atoms with Crippen molar-refractivity contribution >= 4 is 10.1 Å². The molecule has 0 aromatic rings. The van der Waals surface area contributed by atoms with Crippen LogP contribution in [0.5, 0.6) is 0 Å². The van der Waals surface area contributed by atoms with Crippen LogP contribution in [0.15, 0.2) is 0 Å². The van der Waals surface area contributed by atoms with Crippen molar-refractivity contribution in [2.24, 2.45) is 5.73 Å². The van der Waals surface area contributed by atoms with Crippen LogP contribution in [0, 0.1) is 0 Å². The molecule has 0 saturated carbocycles. The van der Waals surface area contributed by atoms with Crippen molar-refractivity contribution in [3.63, 3.8) is 0 Å². The van der Waals surface area contributed by atoms with Gasteiger partial charge in [0.15, 0.2) is 0 Å². The molecule has 0 aromatic carbocycles. The van der Waals surface area contributed by atoms with Gasteiger partial charge in [-0.3, -0.25) is 4.55 Å². The summed E-state index contributed by atoms with van der Waals surface area (Å²) < 4.78 is 35.7. The highest BCUT2D eigenvalue weighted by Crippen LogP contribution is 2.03. The van der Waals surface area contributed by atoms with Gasteiger partial charge in [-0.15, -0.1) is 0 Å². The number of hydrogen-bond acceptors (Lipinski definition) is 4. The number of ether oxygens (including phenoxy) is 1. The Morgan fingerprint density at radius 1 is 1.18 bits per heavy atom. The Kier molecular flexibility index (Phi) is 7.89. The van der Waals surface area contributed by atoms with E-state index in [1.807, 2.05) is 0 Å². The van der Waals surface area contributed by atoms with Crippen LogP contribution in [0.1, 0.15) is 12.8 Å². The molecule has 3 N–H and O–H groups in total. The average Bonchev–Trinajstić information content (AvgIpc) is 2.18. The third-order valence-corrected chi connectivity index (χ3v) is 3.32. The van der Waals surface area contributed by atoms with Crippen LogP contribution >= 0.6 is 0 Å². The van der Waals surface area contributed by atoms with Gasteiger partial charge in [0.1, 0.15) is 6.54 Å². The molecule has 0 spiro atoms. The summed E-state index contributed by atoms with van der Waals surface area (Å²) in [7, 11) is 0.326. The molecule has 0 saturated heterocycles. The van der Waals surface area contributed by atoms with Gasteiger partial charge >= 0.3 is 0 Å². The summed E-state index contributed by atoms with van der Waals surface area (Å²) in [6.45, 7) is 3.49. The van der Waals surface area contributed by atoms with Gasteiger partial charge in [-0.2, -0.15) is 8.42 Å². The monoisotopic (exact) mass is 269 g/mol. The zero-order valence-electron chi connectivity index (χ0n) is 10.8. The molecule has 0 heterocycles. The standard InChI is InChI=1S/C10H24N2O4S/c1-12(2,7-9-16-8-5-11)6-3-4-10-17(13,14)15/h3-11H2,1-2H3/p+1. The lowest BCUT2D eigenvalue weighted by Gasteiger charge is -2.29. The van der Waals surface area contributed by atoms with Crippen molar-refractivity contribution in [1.29, 1.82) is 0 Å². The fourth-order valence-corrected chi connectivity index (χ4v) is 2.00. The Morgan fingerprint density at radius 3 is 2.35 bits per heavy atom. The highest BCUT2D eigenvalue weighted by Gasteiger charge is 2.14. The molecule has 0 aromatic heterocycles. The van der Waals surface area contributed by atoms with Gasteiger partial charge in [-0.1, -0.05) is 0 Å². The van der Waals surface area contributed by atoms with E-state index in [4.69, 9.17) is 15.0 Å². The summed E-state index contributed by atoms with van der Waals surface area (Å²) in [4.78, 5) is 0. The lowest BCUT2D eigenvalue weighted by atomic mass is 10.3. The third kappa shape index (κ3) is 12.0. The molecule has 0 radical (unpaired) electrons. The smallest absolute Gasteiger partial charge is 0.264 e. The first-order valence-corrected chi connectivity index (χ1v) is 7.43. The van der Waals surface area contributed by atoms with E-state index in [0.29, 0.717) is 26.2 Å². The van der Waals surface area contributed by atoms with Crippen molar-refractivity contribution in [3.05, 3.63) is 0 Å². The molecule has 6 nitrogen and oxygen atoms in total. The Labute approximate surface area is 104 Å². The van der Waals surface area contributed by atoms with Crippen LogP contribution in [0.2, 0.25) is 0 Å². The number of quaternary nitrogens is 1. The SMILES string of the molecule is C[N+](C)(CCCCS(=O)(=O)O)CCOCCN. The predicted molar refractivity (Wildman–Crippen MR) is 67.4 cm³/mol. The second-order valence-corrected chi connectivity index (χ2v) is 6.35. The summed E-state index contributed by atoms with van der Waals surface area (Å²) in [5, 5.41) is 0. The van der Waals surface area contributed by atoms with Crippen LogP contribution in [-0.2, 0) is 14.9 Å². The van der Waals surface area contributed by atoms with Crippen LogP contribution in [-0.4, -0.2) is 70.1 Å². The maximum absolute atomic E-state index is 10.5. The van der Waals surface area contributed by atoms with E-state index < -0.39 is 10.1 Å². The molecule has 7 heteroatoms. The molecule has 0 unspecified atom stereocenters. The molecule has 0 aliphatic rings. The minimum absolute atomic E-state index is 0.156. The van der Waals surface area contributed by atoms with E-state index in [2.05, 4.69) is 14.1 Å². The number of likely N-dealkylation sites (N-methyl/N-ethyl adjacent to an activating group) is 1. The summed E-state index contributed by atoms with van der Waals surface area (Å²) >= 11 is 0. The average molecular weight is 269 g/mol. The minimum Gasteiger partial charge on any atom is -0.374 e. The summed E-state index contributed by atoms with van der Waals surface area (Å²) in [6.07, 6.45) is 1.26. The number of nitrogens with two attached hydrogens (primary N) is 1. The van der Waals surface area contributed by atoms with Crippen LogP contribution < -0.4 is 5.73 Å². The van der Waals surface area contributed by atoms with Crippen molar-refractivity contribution in [1.82, 2.24) is 0 Å². The number of hydrogen-bond donors (Lipinski definition) is 2. The largest absolute Gasteiger partial charge is 0.374 e. The minimum atomic E-state index is -3.81. The van der Waals surface area contributed by atoms with Gasteiger partial charge in [0.05, 0.1) is 39.6 Å². The normalized spacial score (nSPS) is 12.9. The second kappa shape index (κ2) is 7.99. The molecule has 0 aliphatic carbocycles. The maximum atomic E-state index is 10.5. The molecule has 17 heavy (non-hydrogen) atoms. The van der Waals surface area contributed by atoms with E-state index >= 15 is 0 Å². The molecule has 0 amide bonds. The maximum Gasteiger partial charge on any atom is 0.264 e. The van der Waals surface area contributed by atoms with Gasteiger partial charge in [-0.25, -0.2) is 0 Å². The molecule has 0 bridgehead atoms. The van der Waals surface area contributed by atoms with Crippen LogP contribution in [0.4, 0.5) is 0 Å². The topological polar surface area (TPSA) is 89.6 Å². The van der Waals surface area contributed by atoms with Crippen molar-refractivity contribution in [3.8, 4) is 0 Å². The van der Waals surface area contributed by atoms with Gasteiger partial charge in [0.25, 0.3) is 10.1 Å². The van der Waals surface area contributed by atoms with Crippen LogP contribution in [0.3, 0.4) is 0 Å². The summed E-state index contributed by atoms with van der Waals surface area (Å²) in [5.74, 6) is -0.156. The first kappa shape index (κ1) is 16.8. The Balaban J connectivity index is 3.63. The zero-order valence-corrected chi connectivity index (χ0v) is 11.6. The van der Waals surface area contributed by atoms with E-state index in [-0.39, 0.29) is 5.75 Å². The summed E-state index contributed by atoms with van der Waals surface area (Å²) in [6, 6.07) is 0. The fraction of sp³-hybridized carbons (Fsp3) is 1.00. The lowest BCUT2D eigenvalue weighted by molar-refractivity contribution is -0.890. The van der Waals surface area contributed by atoms with Crippen LogP contribution in [0.25, 0.3) is 0 Å². The molecule has 0 fully saturated rings. The van der Waals surface area contributed by atoms with Crippen molar-refractivity contribution in [2.75, 3.05) is 52.7 Å². The van der Waals surface area contributed by atoms with E-state index in [1.54, 1.807) is 0 Å². The molecule has 0 rings (SSSR count). The molecular formula is C10H25N2O4S+. The Bertz CT molecular complexity index is 291. The molecular weight excluding hydrogens is 244 g/mol. The van der Waals surface area contributed by atoms with Crippen molar-refractivity contribution in [2.45, 2.75) is 12.8 Å². The highest BCUT2D eigenvalue weighted by atomic mass is 32.2. The van der Waals surface area contributed by atoms with Gasteiger partial charge in [-0.05, 0) is 12.8 Å². The first-order valence-electron chi connectivity index (χ1n) is 5.82. The van der Waals surface area contributed by atoms with Gasteiger partial charge in [0.2, 0.25) is 0 Å². The Morgan fingerprint density at radius 2 is 1.82 bits per heavy atom. The molecule has 0 atom stereocenters. The highest BCUT2D eigenvalue weighted by molar-refractivity contribution is 7.85. The number of unbranched alkanes of at least 4 members (excludes halogenated alkanes) is 1. The molecule has 0 aliphatic heterocycles. The second-order valence-electron chi connectivity index (χ2n) is 4.78. The predicted octanol–water partition coefficient (Wildman–Crippen LogP) is -0.294. The Hall–Kier alpha value is -0.210. The zero-order chi connectivity index (χ0) is 13.4. The number of rotatable bonds is 10. The van der Waals surface area contributed by atoms with E-state index in [9.17, 15) is 8.42 Å². The number of nitrogens with zero attached hydrogens (tertiary/aromatic N) is 1. The lowest BCUT2D eigenvalue weighted by Crippen LogP contribution is -2.43. The first-order chi connectivity index (χ1) is 7.77. The quantitative estimate of drug-likeness (QED) is 0.323. The van der Waals surface area contributed by atoms with E-state index in [1.165, 1.54) is 0 Å². The van der Waals surface area contributed by atoms with Crippen molar-refractivity contribution < 1.29 is 22.2 Å². The van der Waals surface area contributed by atoms with Gasteiger partial charge in [0, 0.05) is 6.54 Å². The van der Waals surface area contributed by atoms with E-state index in [0.717, 1.165) is 24.0 Å². The molecule has 104 valence electrons. The fourth-order valence-electron chi connectivity index (χ4n) is 1.43. The summed E-state index contributed by atoms with van der Waals surface area (Å²) in [5.41, 5.74) is 5.31. The van der Waals surface area contributed by atoms with Gasteiger partial charge < -0.3 is 15.0 Å². The third-order valence-electron chi connectivity index (χ3n) is 2.52.